The van der Waals surface area contributed by atoms with E-state index < -0.39 is 17.8 Å². The van der Waals surface area contributed by atoms with Gasteiger partial charge in [0.2, 0.25) is 0 Å². The number of phenols is 1. The summed E-state index contributed by atoms with van der Waals surface area (Å²) in [5.41, 5.74) is 2.79. The van der Waals surface area contributed by atoms with E-state index >= 15 is 0 Å². The van der Waals surface area contributed by atoms with Crippen LogP contribution in [0.2, 0.25) is 0 Å². The fourth-order valence-corrected chi connectivity index (χ4v) is 2.77. The first-order valence-electron chi connectivity index (χ1n) is 8.74. The van der Waals surface area contributed by atoms with E-state index in [1.165, 1.54) is 25.3 Å². The zero-order valence-electron chi connectivity index (χ0n) is 16.3. The summed E-state index contributed by atoms with van der Waals surface area (Å²) < 4.78 is 9.61. The standard InChI is InChI=1S/C21H23NO6/c1-5-28-19(24)11-14-10-18(23)17(8-13(14)3)20(25)22-16-7-12(2)6-15(9-16)21(26)27-4/h6-10,23H,5,11H2,1-4H3,(H,22,25). The molecule has 0 aliphatic rings. The van der Waals surface area contributed by atoms with Crippen LogP contribution in [0.25, 0.3) is 0 Å². The predicted octanol–water partition coefficient (Wildman–Crippen LogP) is 3.15. The molecule has 2 rings (SSSR count). The van der Waals surface area contributed by atoms with Gasteiger partial charge in [-0.25, -0.2) is 4.79 Å². The minimum Gasteiger partial charge on any atom is -0.507 e. The van der Waals surface area contributed by atoms with Crippen LogP contribution in [-0.2, 0) is 20.7 Å². The Bertz CT molecular complexity index is 919. The van der Waals surface area contributed by atoms with Crippen LogP contribution >= 0.6 is 0 Å². The number of esters is 2. The number of ether oxygens (including phenoxy) is 2. The summed E-state index contributed by atoms with van der Waals surface area (Å²) >= 11 is 0. The molecule has 0 radical (unpaired) electrons. The Morgan fingerprint density at radius 3 is 2.43 bits per heavy atom. The fraction of sp³-hybridized carbons (Fsp3) is 0.286. The number of aromatic hydroxyl groups is 1. The molecule has 2 N–H and O–H groups in total. The van der Waals surface area contributed by atoms with Gasteiger partial charge in [-0.15, -0.1) is 0 Å². The van der Waals surface area contributed by atoms with Crippen molar-refractivity contribution in [2.45, 2.75) is 27.2 Å². The molecule has 7 heteroatoms. The predicted molar refractivity (Wildman–Crippen MR) is 104 cm³/mol. The van der Waals surface area contributed by atoms with Crippen molar-refractivity contribution < 1.29 is 29.0 Å². The van der Waals surface area contributed by atoms with Gasteiger partial charge >= 0.3 is 11.9 Å². The van der Waals surface area contributed by atoms with Gasteiger partial charge in [-0.3, -0.25) is 9.59 Å². The van der Waals surface area contributed by atoms with Gasteiger partial charge < -0.3 is 19.9 Å². The van der Waals surface area contributed by atoms with Gasteiger partial charge in [0, 0.05) is 5.69 Å². The summed E-state index contributed by atoms with van der Waals surface area (Å²) in [6.07, 6.45) is 0.00943. The van der Waals surface area contributed by atoms with Crippen molar-refractivity contribution in [1.82, 2.24) is 0 Å². The van der Waals surface area contributed by atoms with Gasteiger partial charge in [0.1, 0.15) is 5.75 Å². The van der Waals surface area contributed by atoms with Gasteiger partial charge in [-0.2, -0.15) is 0 Å². The van der Waals surface area contributed by atoms with Crippen molar-refractivity contribution >= 4 is 23.5 Å². The van der Waals surface area contributed by atoms with Crippen LogP contribution in [0, 0.1) is 13.8 Å². The van der Waals surface area contributed by atoms with E-state index in [2.05, 4.69) is 5.32 Å². The summed E-state index contributed by atoms with van der Waals surface area (Å²) in [4.78, 5) is 36.0. The van der Waals surface area contributed by atoms with E-state index in [4.69, 9.17) is 9.47 Å². The normalized spacial score (nSPS) is 10.3. The quantitative estimate of drug-likeness (QED) is 0.741. The molecular formula is C21H23NO6. The molecule has 2 aromatic carbocycles. The zero-order valence-corrected chi connectivity index (χ0v) is 16.3. The first-order valence-corrected chi connectivity index (χ1v) is 8.74. The Balaban J connectivity index is 2.25. The van der Waals surface area contributed by atoms with Crippen molar-refractivity contribution in [2.75, 3.05) is 19.0 Å². The van der Waals surface area contributed by atoms with E-state index in [1.54, 1.807) is 32.9 Å². The maximum absolute atomic E-state index is 12.6. The average molecular weight is 385 g/mol. The highest BCUT2D eigenvalue weighted by Gasteiger charge is 2.17. The summed E-state index contributed by atoms with van der Waals surface area (Å²) in [6, 6.07) is 7.74. The summed E-state index contributed by atoms with van der Waals surface area (Å²) in [7, 11) is 1.28. The second-order valence-corrected chi connectivity index (χ2v) is 6.31. The second kappa shape index (κ2) is 9.03. The minimum absolute atomic E-state index is 0.00943. The van der Waals surface area contributed by atoms with E-state index in [0.717, 1.165) is 5.56 Å². The van der Waals surface area contributed by atoms with E-state index in [0.29, 0.717) is 22.4 Å². The number of methoxy groups -OCH3 is 1. The molecule has 0 bridgehead atoms. The number of amides is 1. The van der Waals surface area contributed by atoms with Crippen molar-refractivity contribution in [3.63, 3.8) is 0 Å². The number of nitrogens with one attached hydrogen (secondary N) is 1. The summed E-state index contributed by atoms with van der Waals surface area (Å²) in [6.45, 7) is 5.52. The maximum Gasteiger partial charge on any atom is 0.337 e. The van der Waals surface area contributed by atoms with E-state index in [-0.39, 0.29) is 24.3 Å². The van der Waals surface area contributed by atoms with Crippen LogP contribution < -0.4 is 5.32 Å². The van der Waals surface area contributed by atoms with Crippen molar-refractivity contribution in [3.05, 3.63) is 58.1 Å². The molecule has 0 saturated carbocycles. The van der Waals surface area contributed by atoms with Gasteiger partial charge in [0.05, 0.1) is 31.3 Å². The first kappa shape index (κ1) is 21.0. The molecule has 0 unspecified atom stereocenters. The largest absolute Gasteiger partial charge is 0.507 e. The molecule has 7 nitrogen and oxygen atoms in total. The lowest BCUT2D eigenvalue weighted by Crippen LogP contribution is -2.14. The number of hydrogen-bond donors (Lipinski definition) is 2. The number of rotatable bonds is 6. The SMILES string of the molecule is CCOC(=O)Cc1cc(O)c(C(=O)Nc2cc(C)cc(C(=O)OC)c2)cc1C. The molecule has 28 heavy (non-hydrogen) atoms. The Morgan fingerprint density at radius 1 is 1.07 bits per heavy atom. The van der Waals surface area contributed by atoms with Crippen molar-refractivity contribution in [2.24, 2.45) is 0 Å². The molecule has 0 aromatic heterocycles. The van der Waals surface area contributed by atoms with Gasteiger partial charge in [0.25, 0.3) is 5.91 Å². The smallest absolute Gasteiger partial charge is 0.337 e. The molecule has 0 fully saturated rings. The van der Waals surface area contributed by atoms with Gasteiger partial charge in [-0.1, -0.05) is 0 Å². The lowest BCUT2D eigenvalue weighted by atomic mass is 10.0. The molecule has 0 aliphatic heterocycles. The highest BCUT2D eigenvalue weighted by molar-refractivity contribution is 6.07. The second-order valence-electron chi connectivity index (χ2n) is 6.31. The van der Waals surface area contributed by atoms with Crippen LogP contribution in [0.3, 0.4) is 0 Å². The Hall–Kier alpha value is -3.35. The highest BCUT2D eigenvalue weighted by atomic mass is 16.5. The minimum atomic E-state index is -0.537. The van der Waals surface area contributed by atoms with Crippen LogP contribution in [0.15, 0.2) is 30.3 Å². The number of anilines is 1. The molecule has 0 atom stereocenters. The van der Waals surface area contributed by atoms with Crippen LogP contribution in [0.5, 0.6) is 5.75 Å². The Kier molecular flexibility index (Phi) is 6.76. The zero-order chi connectivity index (χ0) is 20.8. The van der Waals surface area contributed by atoms with Crippen molar-refractivity contribution in [3.8, 4) is 5.75 Å². The topological polar surface area (TPSA) is 102 Å². The summed E-state index contributed by atoms with van der Waals surface area (Å²) in [5.74, 6) is -1.70. The number of carbonyl (C=O) groups is 3. The van der Waals surface area contributed by atoms with Crippen LogP contribution in [-0.4, -0.2) is 36.7 Å². The van der Waals surface area contributed by atoms with E-state index in [1.807, 2.05) is 0 Å². The maximum atomic E-state index is 12.6. The van der Waals surface area contributed by atoms with Crippen LogP contribution in [0.1, 0.15) is 44.3 Å². The Morgan fingerprint density at radius 2 is 1.79 bits per heavy atom. The molecule has 0 heterocycles. The third-order valence-corrected chi connectivity index (χ3v) is 4.10. The third-order valence-electron chi connectivity index (χ3n) is 4.10. The van der Waals surface area contributed by atoms with Gasteiger partial charge in [0.15, 0.2) is 0 Å². The lowest BCUT2D eigenvalue weighted by Gasteiger charge is -2.12. The molecule has 0 saturated heterocycles. The van der Waals surface area contributed by atoms with Crippen LogP contribution in [0.4, 0.5) is 5.69 Å². The van der Waals surface area contributed by atoms with Gasteiger partial charge in [-0.05, 0) is 67.8 Å². The first-order chi connectivity index (χ1) is 13.2. The lowest BCUT2D eigenvalue weighted by molar-refractivity contribution is -0.142. The Labute approximate surface area is 163 Å². The molecule has 0 aliphatic carbocycles. The van der Waals surface area contributed by atoms with E-state index in [9.17, 15) is 19.5 Å². The molecule has 1 amide bonds. The number of aryl methyl sites for hydroxylation is 2. The molecule has 2 aromatic rings. The monoisotopic (exact) mass is 385 g/mol. The number of phenolic OH excluding ortho intramolecular Hbond substituents is 1. The van der Waals surface area contributed by atoms with Crippen molar-refractivity contribution in [1.29, 1.82) is 0 Å². The summed E-state index contributed by atoms with van der Waals surface area (Å²) in [5, 5.41) is 12.9. The third kappa shape index (κ3) is 5.09. The fourth-order valence-electron chi connectivity index (χ4n) is 2.77. The number of hydrogen-bond acceptors (Lipinski definition) is 6. The number of benzene rings is 2. The average Bonchev–Trinajstić information content (AvgIpc) is 2.63. The highest BCUT2D eigenvalue weighted by Crippen LogP contribution is 2.25. The number of carbonyl (C=O) groups excluding carboxylic acids is 3. The molecule has 148 valence electrons. The molecular weight excluding hydrogens is 362 g/mol. The molecule has 0 spiro atoms.